The predicted octanol–water partition coefficient (Wildman–Crippen LogP) is 3.28. The van der Waals surface area contributed by atoms with Crippen LogP contribution in [0, 0.1) is 0 Å². The molecule has 0 unspecified atom stereocenters. The van der Waals surface area contributed by atoms with E-state index in [0.717, 1.165) is 5.56 Å². The van der Waals surface area contributed by atoms with E-state index in [2.05, 4.69) is 15.6 Å². The first-order valence-electron chi connectivity index (χ1n) is 7.50. The topological polar surface area (TPSA) is 91.3 Å². The molecule has 3 N–H and O–H groups in total. The third kappa shape index (κ3) is 4.65. The zero-order valence-corrected chi connectivity index (χ0v) is 13.9. The molecular formula is C18H15N3O3S. The molecule has 3 rings (SSSR count). The quantitative estimate of drug-likeness (QED) is 0.656. The summed E-state index contributed by atoms with van der Waals surface area (Å²) in [4.78, 5) is 28.3. The van der Waals surface area contributed by atoms with Gasteiger partial charge in [0, 0.05) is 17.1 Å². The van der Waals surface area contributed by atoms with Gasteiger partial charge in [0.15, 0.2) is 5.13 Å². The van der Waals surface area contributed by atoms with Gasteiger partial charge in [0.25, 0.3) is 5.91 Å². The number of benzene rings is 2. The fraction of sp³-hybridized carbons (Fsp3) is 0.0556. The Bertz CT molecular complexity index is 893. The predicted molar refractivity (Wildman–Crippen MR) is 96.9 cm³/mol. The SMILES string of the molecule is O=C(Cc1ccccc1)Nc1nc(C(=O)Nc2cccc(O)c2)cs1. The molecule has 0 spiro atoms. The van der Waals surface area contributed by atoms with Crippen LogP contribution in [0.1, 0.15) is 16.1 Å². The van der Waals surface area contributed by atoms with E-state index in [9.17, 15) is 14.7 Å². The molecule has 0 fully saturated rings. The van der Waals surface area contributed by atoms with Crippen LogP contribution in [-0.4, -0.2) is 21.9 Å². The van der Waals surface area contributed by atoms with Gasteiger partial charge in [-0.2, -0.15) is 0 Å². The van der Waals surface area contributed by atoms with Gasteiger partial charge in [-0.05, 0) is 17.7 Å². The number of anilines is 2. The lowest BCUT2D eigenvalue weighted by molar-refractivity contribution is -0.115. The van der Waals surface area contributed by atoms with Crippen LogP contribution in [0.25, 0.3) is 0 Å². The fourth-order valence-corrected chi connectivity index (χ4v) is 2.87. The Morgan fingerprint density at radius 2 is 1.84 bits per heavy atom. The van der Waals surface area contributed by atoms with Crippen LogP contribution in [0.15, 0.2) is 60.0 Å². The number of hydrogen-bond acceptors (Lipinski definition) is 5. The Balaban J connectivity index is 1.60. The van der Waals surface area contributed by atoms with E-state index in [4.69, 9.17) is 0 Å². The number of phenolic OH excluding ortho intramolecular Hbond substituents is 1. The van der Waals surface area contributed by atoms with Crippen LogP contribution < -0.4 is 10.6 Å². The standard InChI is InChI=1S/C18H15N3O3S/c22-14-8-4-7-13(10-14)19-17(24)15-11-25-18(20-15)21-16(23)9-12-5-2-1-3-6-12/h1-8,10-11,22H,9H2,(H,19,24)(H,20,21,23). The lowest BCUT2D eigenvalue weighted by Gasteiger charge is -2.03. The van der Waals surface area contributed by atoms with Crippen molar-refractivity contribution in [1.29, 1.82) is 0 Å². The van der Waals surface area contributed by atoms with Gasteiger partial charge in [0.05, 0.1) is 6.42 Å². The Morgan fingerprint density at radius 3 is 2.60 bits per heavy atom. The van der Waals surface area contributed by atoms with Crippen molar-refractivity contribution in [2.24, 2.45) is 0 Å². The second kappa shape index (κ2) is 7.59. The molecule has 3 aromatic rings. The van der Waals surface area contributed by atoms with Crippen LogP contribution in [0.3, 0.4) is 0 Å². The summed E-state index contributed by atoms with van der Waals surface area (Å²) in [6.45, 7) is 0. The van der Waals surface area contributed by atoms with Crippen molar-refractivity contribution < 1.29 is 14.7 Å². The smallest absolute Gasteiger partial charge is 0.275 e. The van der Waals surface area contributed by atoms with Gasteiger partial charge < -0.3 is 15.7 Å². The average Bonchev–Trinajstić information content (AvgIpc) is 3.04. The highest BCUT2D eigenvalue weighted by molar-refractivity contribution is 7.14. The van der Waals surface area contributed by atoms with Crippen LogP contribution in [0.5, 0.6) is 5.75 Å². The maximum Gasteiger partial charge on any atom is 0.275 e. The van der Waals surface area contributed by atoms with Crippen molar-refractivity contribution in [3.05, 3.63) is 71.2 Å². The van der Waals surface area contributed by atoms with E-state index in [-0.39, 0.29) is 23.8 Å². The van der Waals surface area contributed by atoms with E-state index in [1.807, 2.05) is 30.3 Å². The van der Waals surface area contributed by atoms with Crippen LogP contribution in [0.2, 0.25) is 0 Å². The highest BCUT2D eigenvalue weighted by Crippen LogP contribution is 2.19. The molecule has 1 aromatic heterocycles. The normalized spacial score (nSPS) is 10.2. The Labute approximate surface area is 148 Å². The van der Waals surface area contributed by atoms with Gasteiger partial charge in [0.1, 0.15) is 11.4 Å². The molecule has 1 heterocycles. The minimum absolute atomic E-state index is 0.0601. The molecule has 0 radical (unpaired) electrons. The average molecular weight is 353 g/mol. The first-order valence-corrected chi connectivity index (χ1v) is 8.38. The number of phenols is 1. The number of carbonyl (C=O) groups excluding carboxylic acids is 2. The zero-order chi connectivity index (χ0) is 17.6. The summed E-state index contributed by atoms with van der Waals surface area (Å²) in [5.41, 5.74) is 1.56. The van der Waals surface area contributed by atoms with E-state index < -0.39 is 5.91 Å². The highest BCUT2D eigenvalue weighted by Gasteiger charge is 2.13. The summed E-state index contributed by atoms with van der Waals surface area (Å²) >= 11 is 1.18. The molecule has 7 heteroatoms. The number of aromatic hydroxyl groups is 1. The summed E-state index contributed by atoms with van der Waals surface area (Å²) in [5.74, 6) is -0.546. The molecule has 0 saturated carbocycles. The van der Waals surface area contributed by atoms with Crippen molar-refractivity contribution in [1.82, 2.24) is 4.98 Å². The molecule has 25 heavy (non-hydrogen) atoms. The lowest BCUT2D eigenvalue weighted by atomic mass is 10.1. The van der Waals surface area contributed by atoms with Crippen molar-refractivity contribution in [3.8, 4) is 5.75 Å². The molecule has 0 aliphatic heterocycles. The Morgan fingerprint density at radius 1 is 1.04 bits per heavy atom. The van der Waals surface area contributed by atoms with E-state index in [1.54, 1.807) is 17.5 Å². The van der Waals surface area contributed by atoms with E-state index in [0.29, 0.717) is 10.8 Å². The first-order chi connectivity index (χ1) is 12.1. The third-order valence-corrected chi connectivity index (χ3v) is 4.05. The molecule has 0 bridgehead atoms. The van der Waals surface area contributed by atoms with Crippen molar-refractivity contribution in [2.75, 3.05) is 10.6 Å². The van der Waals surface area contributed by atoms with Crippen molar-refractivity contribution >= 4 is 34.0 Å². The molecule has 126 valence electrons. The third-order valence-electron chi connectivity index (χ3n) is 3.29. The van der Waals surface area contributed by atoms with E-state index >= 15 is 0 Å². The highest BCUT2D eigenvalue weighted by atomic mass is 32.1. The second-order valence-corrected chi connectivity index (χ2v) is 6.11. The summed E-state index contributed by atoms with van der Waals surface area (Å²) < 4.78 is 0. The van der Waals surface area contributed by atoms with Crippen LogP contribution in [0.4, 0.5) is 10.8 Å². The van der Waals surface area contributed by atoms with E-state index in [1.165, 1.54) is 23.5 Å². The number of carbonyl (C=O) groups is 2. The molecular weight excluding hydrogens is 338 g/mol. The van der Waals surface area contributed by atoms with Gasteiger partial charge in [-0.1, -0.05) is 36.4 Å². The van der Waals surface area contributed by atoms with Gasteiger partial charge in [-0.15, -0.1) is 11.3 Å². The van der Waals surface area contributed by atoms with Gasteiger partial charge >= 0.3 is 0 Å². The molecule has 0 atom stereocenters. The molecule has 0 aliphatic carbocycles. The number of nitrogens with one attached hydrogen (secondary N) is 2. The van der Waals surface area contributed by atoms with Crippen LogP contribution in [-0.2, 0) is 11.2 Å². The molecule has 2 aromatic carbocycles. The monoisotopic (exact) mass is 353 g/mol. The number of nitrogens with zero attached hydrogens (tertiary/aromatic N) is 1. The number of amides is 2. The Kier molecular flexibility index (Phi) is 5.06. The Hall–Kier alpha value is -3.19. The second-order valence-electron chi connectivity index (χ2n) is 5.25. The van der Waals surface area contributed by atoms with Gasteiger partial charge in [0.2, 0.25) is 5.91 Å². The summed E-state index contributed by atoms with van der Waals surface area (Å²) in [7, 11) is 0. The van der Waals surface area contributed by atoms with Gasteiger partial charge in [-0.3, -0.25) is 9.59 Å². The molecule has 2 amide bonds. The number of rotatable bonds is 5. The minimum Gasteiger partial charge on any atom is -0.508 e. The zero-order valence-electron chi connectivity index (χ0n) is 13.1. The molecule has 6 nitrogen and oxygen atoms in total. The van der Waals surface area contributed by atoms with Crippen molar-refractivity contribution in [3.63, 3.8) is 0 Å². The molecule has 0 saturated heterocycles. The van der Waals surface area contributed by atoms with Crippen LogP contribution >= 0.6 is 11.3 Å². The summed E-state index contributed by atoms with van der Waals surface area (Å²) in [5, 5.41) is 16.7. The summed E-state index contributed by atoms with van der Waals surface area (Å²) in [6, 6.07) is 15.6. The summed E-state index contributed by atoms with van der Waals surface area (Å²) in [6.07, 6.45) is 0.241. The first kappa shape index (κ1) is 16.7. The minimum atomic E-state index is -0.412. The fourth-order valence-electron chi connectivity index (χ4n) is 2.16. The lowest BCUT2D eigenvalue weighted by Crippen LogP contribution is -2.15. The number of hydrogen-bond donors (Lipinski definition) is 3. The largest absolute Gasteiger partial charge is 0.508 e. The maximum atomic E-state index is 12.2. The number of thiazole rings is 1. The van der Waals surface area contributed by atoms with Gasteiger partial charge in [-0.25, -0.2) is 4.98 Å². The number of aromatic nitrogens is 1. The molecule has 0 aliphatic rings. The van der Waals surface area contributed by atoms with Crippen molar-refractivity contribution in [2.45, 2.75) is 6.42 Å². The maximum absolute atomic E-state index is 12.2.